The number of carbonyl (C=O) groups excluding carboxylic acids is 4. The zero-order chi connectivity index (χ0) is 39.6. The number of likely N-dealkylation sites (tertiary alicyclic amines) is 1. The number of hydrogen-bond acceptors (Lipinski definition) is 7. The molecule has 3 fully saturated rings. The van der Waals surface area contributed by atoms with Gasteiger partial charge in [-0.1, -0.05) is 109 Å². The van der Waals surface area contributed by atoms with Crippen molar-refractivity contribution in [1.29, 1.82) is 0 Å². The van der Waals surface area contributed by atoms with Gasteiger partial charge in [-0.3, -0.25) is 19.2 Å². The molecule has 10 atom stereocenters. The van der Waals surface area contributed by atoms with Gasteiger partial charge in [-0.15, -0.1) is 13.2 Å². The number of alkyl halides is 1. The highest BCUT2D eigenvalue weighted by Crippen LogP contribution is 2.61. The molecule has 1 unspecified atom stereocenters. The molecule has 3 aliphatic rings. The third-order valence-corrected chi connectivity index (χ3v) is 12.9. The Morgan fingerprint density at radius 2 is 1.75 bits per heavy atom. The fourth-order valence-corrected chi connectivity index (χ4v) is 9.80. The standard InChI is InChI=1S/C44H52BrN3O7/c1-7-10-20-35(50)46(6)28(5)38(30-17-12-11-13-18-30)54-43(53)36-37-41(51)48(34(26-49)27(4)9-3)40(44(37)25-33(45)39(36)55-44)42(52)47(23-8-2)32-22-21-29-16-14-15-19-31(29)24-32/h7-8,11-19,21-22,24,27-28,33-34,36-40,49H,1-2,9-10,20,23,25-26H2,3-6H3/t27-,28-,33?,34-,36+,37-,38+,39+,40+,44-/m0/s1. The van der Waals surface area contributed by atoms with Crippen molar-refractivity contribution >= 4 is 56.1 Å². The molecular formula is C44H52BrN3O7. The van der Waals surface area contributed by atoms with Crippen molar-refractivity contribution < 1.29 is 33.8 Å². The predicted octanol–water partition coefficient (Wildman–Crippen LogP) is 6.61. The molecular weight excluding hydrogens is 762 g/mol. The summed E-state index contributed by atoms with van der Waals surface area (Å²) in [5.41, 5.74) is -0.0646. The van der Waals surface area contributed by atoms with Crippen LogP contribution in [0.3, 0.4) is 0 Å². The number of hydrogen-bond donors (Lipinski definition) is 1. The number of likely N-dealkylation sites (N-methyl/N-ethyl adjacent to an activating group) is 1. The molecule has 3 saturated heterocycles. The fraction of sp³-hybridized carbons (Fsp3) is 0.455. The van der Waals surface area contributed by atoms with Crippen molar-refractivity contribution in [3.8, 4) is 0 Å². The lowest BCUT2D eigenvalue weighted by molar-refractivity contribution is -0.165. The van der Waals surface area contributed by atoms with Crippen molar-refractivity contribution in [3.05, 3.63) is 104 Å². The van der Waals surface area contributed by atoms with Gasteiger partial charge in [0.2, 0.25) is 11.8 Å². The quantitative estimate of drug-likeness (QED) is 0.0984. The maximum absolute atomic E-state index is 15.3. The second-order valence-electron chi connectivity index (χ2n) is 15.2. The zero-order valence-electron chi connectivity index (χ0n) is 32.1. The number of amides is 3. The number of nitrogens with zero attached hydrogens (tertiary/aromatic N) is 3. The lowest BCUT2D eigenvalue weighted by Gasteiger charge is -2.41. The summed E-state index contributed by atoms with van der Waals surface area (Å²) in [4.78, 5) is 62.6. The number of benzene rings is 3. The molecule has 0 radical (unpaired) electrons. The van der Waals surface area contributed by atoms with Gasteiger partial charge in [0, 0.05) is 30.5 Å². The van der Waals surface area contributed by atoms with Crippen LogP contribution in [0.25, 0.3) is 10.8 Å². The van der Waals surface area contributed by atoms with Gasteiger partial charge < -0.3 is 29.3 Å². The van der Waals surface area contributed by atoms with E-state index in [4.69, 9.17) is 9.47 Å². The Labute approximate surface area is 332 Å². The van der Waals surface area contributed by atoms with Gasteiger partial charge in [-0.05, 0) is 54.2 Å². The van der Waals surface area contributed by atoms with Crippen LogP contribution in [0.2, 0.25) is 0 Å². The summed E-state index contributed by atoms with van der Waals surface area (Å²) in [6.45, 7) is 13.2. The molecule has 1 spiro atoms. The van der Waals surface area contributed by atoms with Crippen molar-refractivity contribution in [3.63, 3.8) is 0 Å². The van der Waals surface area contributed by atoms with Gasteiger partial charge in [0.1, 0.15) is 17.7 Å². The van der Waals surface area contributed by atoms with E-state index in [1.807, 2.05) is 93.6 Å². The van der Waals surface area contributed by atoms with Gasteiger partial charge >= 0.3 is 5.97 Å². The fourth-order valence-electron chi connectivity index (χ4n) is 8.86. The summed E-state index contributed by atoms with van der Waals surface area (Å²) >= 11 is 3.78. The number of rotatable bonds is 16. The molecule has 0 aliphatic carbocycles. The minimum Gasteiger partial charge on any atom is -0.455 e. The number of ether oxygens (including phenoxy) is 2. The maximum Gasteiger partial charge on any atom is 0.313 e. The smallest absolute Gasteiger partial charge is 0.313 e. The first kappa shape index (κ1) is 40.3. The molecule has 3 aromatic carbocycles. The number of allylic oxidation sites excluding steroid dienone is 1. The van der Waals surface area contributed by atoms with Gasteiger partial charge in [-0.25, -0.2) is 0 Å². The largest absolute Gasteiger partial charge is 0.455 e. The van der Waals surface area contributed by atoms with Crippen LogP contribution in [0.15, 0.2) is 98.1 Å². The Hall–Kier alpha value is -4.32. The van der Waals surface area contributed by atoms with Crippen molar-refractivity contribution in [2.75, 3.05) is 25.1 Å². The monoisotopic (exact) mass is 813 g/mol. The average Bonchev–Trinajstić information content (AvgIpc) is 3.80. The predicted molar refractivity (Wildman–Crippen MR) is 216 cm³/mol. The Morgan fingerprint density at radius 3 is 2.40 bits per heavy atom. The number of aliphatic hydroxyl groups is 1. The number of anilines is 1. The molecule has 0 aromatic heterocycles. The molecule has 55 heavy (non-hydrogen) atoms. The third-order valence-electron chi connectivity index (χ3n) is 12.1. The Bertz CT molecular complexity index is 1920. The molecule has 2 bridgehead atoms. The second-order valence-corrected chi connectivity index (χ2v) is 16.3. The molecule has 3 aliphatic heterocycles. The van der Waals surface area contributed by atoms with E-state index in [-0.39, 0.29) is 42.1 Å². The average molecular weight is 815 g/mol. The molecule has 6 rings (SSSR count). The Kier molecular flexibility index (Phi) is 12.3. The summed E-state index contributed by atoms with van der Waals surface area (Å²) in [6.07, 6.45) is 3.42. The van der Waals surface area contributed by atoms with Crippen molar-refractivity contribution in [1.82, 2.24) is 9.80 Å². The SMILES string of the molecule is C=CCCC(=O)N(C)[C@@H](C)[C@@H](OC(=O)[C@H]1[C@@H]2O[C@@]3(CC2Br)[C@@H]1C(=O)N([C@@H](CO)[C@@H](C)CC)[C@@H]3C(=O)N(CC=C)c1ccc2ccccc2c1)c1ccccc1. The number of aliphatic hydroxyl groups excluding tert-OH is 1. The summed E-state index contributed by atoms with van der Waals surface area (Å²) in [5, 5.41) is 12.8. The molecule has 3 amide bonds. The minimum absolute atomic E-state index is 0.120. The first-order chi connectivity index (χ1) is 26.4. The van der Waals surface area contributed by atoms with Crippen LogP contribution in [0.5, 0.6) is 0 Å². The lowest BCUT2D eigenvalue weighted by Crippen LogP contribution is -2.60. The van der Waals surface area contributed by atoms with E-state index in [0.717, 1.165) is 10.8 Å². The first-order valence-electron chi connectivity index (χ1n) is 19.2. The summed E-state index contributed by atoms with van der Waals surface area (Å²) < 4.78 is 13.3. The second kappa shape index (κ2) is 16.8. The highest BCUT2D eigenvalue weighted by molar-refractivity contribution is 9.09. The van der Waals surface area contributed by atoms with Gasteiger partial charge in [0.15, 0.2) is 0 Å². The van der Waals surface area contributed by atoms with Crippen LogP contribution >= 0.6 is 15.9 Å². The van der Waals surface area contributed by atoms with Crippen LogP contribution in [-0.2, 0) is 28.7 Å². The van der Waals surface area contributed by atoms with E-state index in [1.165, 1.54) is 4.90 Å². The third kappa shape index (κ3) is 7.27. The highest BCUT2D eigenvalue weighted by atomic mass is 79.9. The number of carbonyl (C=O) groups is 4. The van der Waals surface area contributed by atoms with E-state index in [9.17, 15) is 14.7 Å². The van der Waals surface area contributed by atoms with E-state index >= 15 is 9.59 Å². The molecule has 0 saturated carbocycles. The molecule has 1 N–H and O–H groups in total. The normalized spacial score (nSPS) is 26.2. The number of halogens is 1. The minimum atomic E-state index is -1.39. The Balaban J connectivity index is 1.41. The summed E-state index contributed by atoms with van der Waals surface area (Å²) in [6, 6.07) is 20.5. The van der Waals surface area contributed by atoms with Gasteiger partial charge in [0.25, 0.3) is 5.91 Å². The molecule has 10 nitrogen and oxygen atoms in total. The molecule has 292 valence electrons. The highest BCUT2D eigenvalue weighted by Gasteiger charge is 2.78. The summed E-state index contributed by atoms with van der Waals surface area (Å²) in [5.74, 6) is -3.84. The molecule has 11 heteroatoms. The van der Waals surface area contributed by atoms with Crippen LogP contribution in [0, 0.1) is 17.8 Å². The topological polar surface area (TPSA) is 117 Å². The Morgan fingerprint density at radius 1 is 1.05 bits per heavy atom. The van der Waals surface area contributed by atoms with Crippen molar-refractivity contribution in [2.45, 2.75) is 87.2 Å². The number of fused-ring (bicyclic) bond motifs is 2. The zero-order valence-corrected chi connectivity index (χ0v) is 33.6. The molecule has 3 heterocycles. The maximum atomic E-state index is 15.3. The van der Waals surface area contributed by atoms with Gasteiger partial charge in [0.05, 0.1) is 36.6 Å². The van der Waals surface area contributed by atoms with Gasteiger partial charge in [-0.2, -0.15) is 0 Å². The van der Waals surface area contributed by atoms with Crippen molar-refractivity contribution in [2.24, 2.45) is 17.8 Å². The van der Waals surface area contributed by atoms with E-state index < -0.39 is 59.6 Å². The van der Waals surface area contributed by atoms with Crippen LogP contribution < -0.4 is 4.90 Å². The van der Waals surface area contributed by atoms with E-state index in [2.05, 4.69) is 29.1 Å². The van der Waals surface area contributed by atoms with Crippen LogP contribution in [0.1, 0.15) is 58.1 Å². The van der Waals surface area contributed by atoms with E-state index in [0.29, 0.717) is 30.5 Å². The first-order valence-corrected chi connectivity index (χ1v) is 20.1. The summed E-state index contributed by atoms with van der Waals surface area (Å²) in [7, 11) is 1.69. The van der Waals surface area contributed by atoms with E-state index in [1.54, 1.807) is 29.0 Å². The van der Waals surface area contributed by atoms with Crippen LogP contribution in [-0.4, -0.2) is 93.5 Å². The lowest BCUT2D eigenvalue weighted by atomic mass is 9.70. The number of esters is 1. The van der Waals surface area contributed by atoms with Crippen LogP contribution in [0.4, 0.5) is 5.69 Å². The molecule has 3 aromatic rings.